The molecule has 2 unspecified atom stereocenters. The summed E-state index contributed by atoms with van der Waals surface area (Å²) in [5, 5.41) is 45.1. The lowest BCUT2D eigenvalue weighted by Crippen LogP contribution is -2.55. The maximum atomic E-state index is 12.5. The molecule has 0 bridgehead atoms. The van der Waals surface area contributed by atoms with E-state index >= 15 is 0 Å². The van der Waals surface area contributed by atoms with Crippen LogP contribution in [0.25, 0.3) is 0 Å². The summed E-state index contributed by atoms with van der Waals surface area (Å²) in [5.41, 5.74) is 4.21. The summed E-state index contributed by atoms with van der Waals surface area (Å²) in [7, 11) is 0. The van der Waals surface area contributed by atoms with Crippen LogP contribution in [0.5, 0.6) is 0 Å². The van der Waals surface area contributed by atoms with Crippen LogP contribution in [0.3, 0.4) is 0 Å². The molecule has 20 saturated carbocycles. The van der Waals surface area contributed by atoms with Gasteiger partial charge in [-0.2, -0.15) is 0 Å². The second kappa shape index (κ2) is 31.9. The van der Waals surface area contributed by atoms with Gasteiger partial charge in [0.05, 0.1) is 17.9 Å². The third-order valence-corrected chi connectivity index (χ3v) is 45.0. The summed E-state index contributed by atoms with van der Waals surface area (Å²) in [6.07, 6.45) is 62.7. The number of oxime groups is 1. The molecule has 113 heavy (non-hydrogen) atoms. The Kier molecular flexibility index (Phi) is 23.8. The predicted molar refractivity (Wildman–Crippen MR) is 456 cm³/mol. The molecule has 10 nitrogen and oxygen atoms in total. The van der Waals surface area contributed by atoms with E-state index in [1.807, 2.05) is 0 Å². The van der Waals surface area contributed by atoms with E-state index in [1.165, 1.54) is 238 Å². The number of aliphatic hydroxyl groups excluding tert-OH is 2. The number of Topliss-reactive ketones (excluding diaryl/α,β-unsaturated/α-hetero) is 3. The Labute approximate surface area is 688 Å². The molecule has 20 rings (SSSR count). The number of carbonyl (C=O) groups is 3. The SMILES string of the molecule is CC[C@]12CCC(C)C[C@@H]1CC[C@@H]1[C@@H]2CC[C@]2(C)C(=O)CC[C@@H]12.CC[C@]12CCC(C)C[C@@H]1CC[C@@H]1[C@@H]2CC[C@]2(C)C(=O)CC[C@@H]12.CC[C@]12CC[C@@H](C)C[C@@H]1CC[C@@H]1[C@@H]2CC[C@]2(C)/C(=N/O)CC[C@@H]12.CC[C@]12CC[C@@H](O)C[C@@H]1CC[C@@H]1[C@@H]2CC[C@]2(C)C(=O)CC[C@@H]12.CC[C@]12CC[C@@H](O)C[C@@H]1CC[C@H]1[C@@H]3CC[C@H]([N+](=O)[O-])[C@@]3(C)CC[C@@H]12. The molecule has 0 radical (unpaired) electrons. The molecule has 0 saturated heterocycles. The first-order valence-electron chi connectivity index (χ1n) is 50.3. The summed E-state index contributed by atoms with van der Waals surface area (Å²) in [6, 6.07) is -0.313. The van der Waals surface area contributed by atoms with Crippen molar-refractivity contribution in [3.05, 3.63) is 10.1 Å². The number of rotatable bonds is 6. The van der Waals surface area contributed by atoms with Gasteiger partial charge in [-0.3, -0.25) is 24.5 Å². The van der Waals surface area contributed by atoms with Gasteiger partial charge in [-0.05, 0) is 439 Å². The summed E-state index contributed by atoms with van der Waals surface area (Å²) >= 11 is 0. The Balaban J connectivity index is 0.000000107. The van der Waals surface area contributed by atoms with Gasteiger partial charge in [0.2, 0.25) is 6.04 Å². The van der Waals surface area contributed by atoms with Crippen LogP contribution in [0.1, 0.15) is 411 Å². The fourth-order valence-electron chi connectivity index (χ4n) is 39.0. The van der Waals surface area contributed by atoms with Gasteiger partial charge in [-0.1, -0.05) is 114 Å². The van der Waals surface area contributed by atoms with Crippen molar-refractivity contribution in [3.63, 3.8) is 0 Å². The van der Waals surface area contributed by atoms with Gasteiger partial charge in [0, 0.05) is 57.7 Å². The molecule has 10 heteroatoms. The zero-order valence-corrected chi connectivity index (χ0v) is 74.6. The largest absolute Gasteiger partial charge is 0.411 e. The predicted octanol–water partition coefficient (Wildman–Crippen LogP) is 25.9. The van der Waals surface area contributed by atoms with E-state index in [2.05, 4.69) is 95.2 Å². The van der Waals surface area contributed by atoms with Crippen molar-refractivity contribution in [2.45, 2.75) is 429 Å². The number of nitro groups is 1. The first-order valence-corrected chi connectivity index (χ1v) is 50.3. The highest BCUT2D eigenvalue weighted by molar-refractivity contribution is 5.92. The molecule has 0 aromatic carbocycles. The quantitative estimate of drug-likeness (QED) is 0.134. The van der Waals surface area contributed by atoms with Gasteiger partial charge in [0.25, 0.3) is 0 Å². The molecule has 20 fully saturated rings. The Morgan fingerprint density at radius 2 is 0.611 bits per heavy atom. The summed E-state index contributed by atoms with van der Waals surface area (Å²) in [6.45, 7) is 31.1. The van der Waals surface area contributed by atoms with E-state index < -0.39 is 0 Å². The Morgan fingerprint density at radius 1 is 0.327 bits per heavy atom. The zero-order valence-electron chi connectivity index (χ0n) is 74.6. The standard InChI is InChI=1S/C21H35NO.2C21H34O.C20H33NO3.C20H32O2/c1-4-21-12-9-14(2)13-15(21)5-6-16-17-7-8-19(22-23)20(17,3)11-10-18(16)21;2*1-4-21-12-9-14(2)13-15(21)5-6-16-17-7-8-19(22)20(17,3)11-10-18(16)21;1-3-20-11-8-14(22)12-13(20)4-5-15-16-6-7-18(21(23)24)19(16,2)10-9-17(15)20;1-3-20-11-8-14(21)12-13(20)4-5-15-16-6-7-18(22)19(16,2)10-9-17(15)20/h14-18,23H,4-13H2,1-3H3;2*14-18H,4-13H2,1-3H3;13-18,22H,3-12H2,1-2H3;13-17,21H,3-12H2,1-2H3/b22-19+;;;;/t14-,15+,16+,17+,18+,20+,21+;2*14?,15-,16-,17-,18-,20-,21-;13-,14+,15-,16-,17-,18-,19-,20-;13-,14+,15-,16-,17-,19-,20-/m10000/s1. The van der Waals surface area contributed by atoms with Crippen molar-refractivity contribution in [2.24, 2.45) is 195 Å². The highest BCUT2D eigenvalue weighted by atomic mass is 16.6. The topological polar surface area (TPSA) is 167 Å². The van der Waals surface area contributed by atoms with Crippen molar-refractivity contribution < 1.29 is 34.7 Å². The number of nitrogens with zero attached hydrogens (tertiary/aromatic N) is 2. The van der Waals surface area contributed by atoms with Gasteiger partial charge in [0.15, 0.2) is 0 Å². The molecule has 0 heterocycles. The van der Waals surface area contributed by atoms with Crippen LogP contribution in [0.2, 0.25) is 0 Å². The average Bonchev–Trinajstić information content (AvgIpc) is 1.74. The third kappa shape index (κ3) is 13.4. The smallest absolute Gasteiger partial charge is 0.218 e. The number of ketones is 3. The van der Waals surface area contributed by atoms with E-state index in [0.717, 1.165) is 202 Å². The number of carbonyl (C=O) groups excluding carboxylic acids is 3. The molecule has 0 spiro atoms. The maximum absolute atomic E-state index is 12.5. The Hall–Kier alpha value is -2.20. The van der Waals surface area contributed by atoms with Gasteiger partial charge in [-0.25, -0.2) is 0 Å². The molecule has 20 aliphatic carbocycles. The summed E-state index contributed by atoms with van der Waals surface area (Å²) in [4.78, 5) is 49.0. The van der Waals surface area contributed by atoms with Gasteiger partial charge >= 0.3 is 0 Å². The zero-order chi connectivity index (χ0) is 80.0. The van der Waals surface area contributed by atoms with E-state index in [9.17, 15) is 39.9 Å². The highest BCUT2D eigenvalue weighted by Crippen LogP contribution is 2.74. The molecule has 0 aromatic heterocycles. The molecule has 36 atom stereocenters. The fraction of sp³-hybridized carbons (Fsp3) is 0.961. The van der Waals surface area contributed by atoms with Crippen LogP contribution in [0, 0.1) is 200 Å². The fourth-order valence-corrected chi connectivity index (χ4v) is 39.0. The first-order chi connectivity index (χ1) is 54.0. The number of aliphatic hydroxyl groups is 2. The lowest BCUT2D eigenvalue weighted by molar-refractivity contribution is -0.540. The molecular formula is C103H168N2O8. The number of hydrogen-bond acceptors (Lipinski definition) is 9. The molecular weight excluding hydrogens is 1390 g/mol. The molecule has 0 aliphatic heterocycles. The number of hydrogen-bond donors (Lipinski definition) is 3. The lowest BCUT2D eigenvalue weighted by Gasteiger charge is -2.61. The minimum atomic E-state index is -0.313. The van der Waals surface area contributed by atoms with Crippen molar-refractivity contribution in [2.75, 3.05) is 0 Å². The third-order valence-electron chi connectivity index (χ3n) is 45.0. The normalized spacial score (nSPS) is 54.3. The second-order valence-corrected chi connectivity index (χ2v) is 47.4. The van der Waals surface area contributed by atoms with E-state index in [-0.39, 0.29) is 50.2 Å². The first kappa shape index (κ1) is 84.4. The van der Waals surface area contributed by atoms with Crippen LogP contribution in [0.4, 0.5) is 0 Å². The number of fused-ring (bicyclic) bond motifs is 25. The highest BCUT2D eigenvalue weighted by Gasteiger charge is 2.68. The molecule has 0 aromatic rings. The van der Waals surface area contributed by atoms with Gasteiger partial charge in [0.1, 0.15) is 17.3 Å². The lowest BCUT2D eigenvalue weighted by atomic mass is 9.43. The summed E-state index contributed by atoms with van der Waals surface area (Å²) in [5.74, 6) is 21.0. The van der Waals surface area contributed by atoms with Crippen LogP contribution in [0.15, 0.2) is 5.16 Å². The maximum Gasteiger partial charge on any atom is 0.218 e. The van der Waals surface area contributed by atoms with Gasteiger partial charge in [-0.15, -0.1) is 0 Å². The second-order valence-electron chi connectivity index (χ2n) is 47.4. The van der Waals surface area contributed by atoms with Crippen molar-refractivity contribution in [1.82, 2.24) is 0 Å². The van der Waals surface area contributed by atoms with Crippen LogP contribution >= 0.6 is 0 Å². The van der Waals surface area contributed by atoms with Gasteiger partial charge < -0.3 is 15.4 Å². The van der Waals surface area contributed by atoms with E-state index in [0.29, 0.717) is 68.1 Å². The monoisotopic (exact) mass is 1560 g/mol. The van der Waals surface area contributed by atoms with Crippen molar-refractivity contribution >= 4 is 23.1 Å². The van der Waals surface area contributed by atoms with Crippen molar-refractivity contribution in [3.8, 4) is 0 Å². The molecule has 0 amide bonds. The average molecular weight is 1560 g/mol. The minimum absolute atomic E-state index is 0.0110. The van der Waals surface area contributed by atoms with Crippen LogP contribution < -0.4 is 0 Å². The Bertz CT molecular complexity index is 3250. The van der Waals surface area contributed by atoms with Crippen molar-refractivity contribution in [1.29, 1.82) is 0 Å². The van der Waals surface area contributed by atoms with E-state index in [1.54, 1.807) is 0 Å². The molecule has 638 valence electrons. The van der Waals surface area contributed by atoms with Crippen LogP contribution in [-0.4, -0.2) is 61.7 Å². The summed E-state index contributed by atoms with van der Waals surface area (Å²) < 4.78 is 0. The van der Waals surface area contributed by atoms with E-state index in [4.69, 9.17) is 0 Å². The molecule has 20 aliphatic rings. The molecule has 3 N–H and O–H groups in total. The minimum Gasteiger partial charge on any atom is -0.411 e. The van der Waals surface area contributed by atoms with Crippen LogP contribution in [-0.2, 0) is 14.4 Å². The Morgan fingerprint density at radius 3 is 0.929 bits per heavy atom.